The first-order valence-electron chi connectivity index (χ1n) is 12.2. The number of fused-ring (bicyclic) bond motifs is 1. The zero-order valence-corrected chi connectivity index (χ0v) is 16.9. The van der Waals surface area contributed by atoms with Crippen molar-refractivity contribution in [3.8, 4) is 0 Å². The first-order chi connectivity index (χ1) is 12.7. The number of rotatable bonds is 3. The maximum atomic E-state index is 5.94. The summed E-state index contributed by atoms with van der Waals surface area (Å²) in [7, 11) is 0. The highest BCUT2D eigenvalue weighted by molar-refractivity contribution is 5.03. The lowest BCUT2D eigenvalue weighted by Gasteiger charge is -2.57. The van der Waals surface area contributed by atoms with Gasteiger partial charge in [-0.1, -0.05) is 25.7 Å². The molecular weight excluding hydrogens is 316 g/mol. The first kappa shape index (κ1) is 18.0. The lowest BCUT2D eigenvalue weighted by molar-refractivity contribution is -0.0514. The van der Waals surface area contributed by atoms with Crippen LogP contribution in [0.1, 0.15) is 96.3 Å². The molecule has 26 heavy (non-hydrogen) atoms. The van der Waals surface area contributed by atoms with Gasteiger partial charge in [0.2, 0.25) is 0 Å². The third-order valence-electron chi connectivity index (χ3n) is 9.09. The molecule has 0 saturated heterocycles. The molecule has 7 aliphatic rings. The molecule has 0 aromatic carbocycles. The highest BCUT2D eigenvalue weighted by atomic mass is 15.0. The average molecular weight is 359 g/mol. The standard InChI is InChI=1S/C14H23N.C10H19N/c1-2-13(1)15-9-14-6-10-3-11(7-14)5-12(4-10)8-14;11-10-6-5-8-3-1-2-4-9(8)7-10/h10-13,15H,1-9H2;8-10H,1-7,11H2. The van der Waals surface area contributed by atoms with Crippen LogP contribution in [0.3, 0.4) is 0 Å². The van der Waals surface area contributed by atoms with Crippen molar-refractivity contribution in [2.24, 2.45) is 40.7 Å². The van der Waals surface area contributed by atoms with E-state index in [1.54, 1.807) is 38.5 Å². The van der Waals surface area contributed by atoms with Crippen LogP contribution in [0.15, 0.2) is 0 Å². The van der Waals surface area contributed by atoms with Gasteiger partial charge in [-0.25, -0.2) is 0 Å². The van der Waals surface area contributed by atoms with Crippen LogP contribution in [0.5, 0.6) is 0 Å². The lowest BCUT2D eigenvalue weighted by Crippen LogP contribution is -2.50. The molecule has 4 bridgehead atoms. The summed E-state index contributed by atoms with van der Waals surface area (Å²) >= 11 is 0. The van der Waals surface area contributed by atoms with Crippen molar-refractivity contribution in [1.29, 1.82) is 0 Å². The minimum absolute atomic E-state index is 0.536. The van der Waals surface area contributed by atoms with Gasteiger partial charge in [0, 0.05) is 18.6 Å². The zero-order valence-electron chi connectivity index (χ0n) is 16.9. The van der Waals surface area contributed by atoms with Crippen LogP contribution in [-0.4, -0.2) is 18.6 Å². The van der Waals surface area contributed by atoms with Gasteiger partial charge >= 0.3 is 0 Å². The van der Waals surface area contributed by atoms with Crippen LogP contribution in [0.4, 0.5) is 0 Å². The Morgan fingerprint density at radius 3 is 1.92 bits per heavy atom. The molecular formula is C24H42N2. The van der Waals surface area contributed by atoms with Crippen molar-refractivity contribution in [3.63, 3.8) is 0 Å². The fourth-order valence-corrected chi connectivity index (χ4v) is 8.06. The normalized spacial score (nSPS) is 49.3. The van der Waals surface area contributed by atoms with E-state index in [0.29, 0.717) is 6.04 Å². The summed E-state index contributed by atoms with van der Waals surface area (Å²) in [5.41, 5.74) is 6.70. The molecule has 7 fully saturated rings. The molecule has 3 unspecified atom stereocenters. The van der Waals surface area contributed by atoms with E-state index in [4.69, 9.17) is 5.73 Å². The third kappa shape index (κ3) is 4.02. The molecule has 0 radical (unpaired) electrons. The second kappa shape index (κ2) is 7.39. The van der Waals surface area contributed by atoms with Crippen molar-refractivity contribution in [1.82, 2.24) is 5.32 Å². The fourth-order valence-electron chi connectivity index (χ4n) is 8.06. The summed E-state index contributed by atoms with van der Waals surface area (Å²) < 4.78 is 0. The van der Waals surface area contributed by atoms with Gasteiger partial charge in [0.25, 0.3) is 0 Å². The molecule has 2 nitrogen and oxygen atoms in total. The highest BCUT2D eigenvalue weighted by Crippen LogP contribution is 2.59. The van der Waals surface area contributed by atoms with Crippen molar-refractivity contribution in [2.45, 2.75) is 108 Å². The van der Waals surface area contributed by atoms with Gasteiger partial charge in [0.1, 0.15) is 0 Å². The van der Waals surface area contributed by atoms with Gasteiger partial charge in [0.15, 0.2) is 0 Å². The quantitative estimate of drug-likeness (QED) is 0.722. The number of hydrogen-bond donors (Lipinski definition) is 2. The van der Waals surface area contributed by atoms with E-state index in [1.165, 1.54) is 64.3 Å². The summed E-state index contributed by atoms with van der Waals surface area (Å²) in [5.74, 6) is 5.43. The summed E-state index contributed by atoms with van der Waals surface area (Å²) in [4.78, 5) is 0. The summed E-state index contributed by atoms with van der Waals surface area (Å²) in [6.45, 7) is 1.36. The van der Waals surface area contributed by atoms with E-state index >= 15 is 0 Å². The van der Waals surface area contributed by atoms with Gasteiger partial charge in [-0.2, -0.15) is 0 Å². The minimum Gasteiger partial charge on any atom is -0.328 e. The smallest absolute Gasteiger partial charge is 0.00684 e. The van der Waals surface area contributed by atoms with E-state index in [9.17, 15) is 0 Å². The summed E-state index contributed by atoms with van der Waals surface area (Å²) in [6, 6.07) is 1.45. The van der Waals surface area contributed by atoms with Crippen molar-refractivity contribution in [3.05, 3.63) is 0 Å². The number of nitrogens with one attached hydrogen (secondary N) is 1. The maximum Gasteiger partial charge on any atom is 0.00684 e. The van der Waals surface area contributed by atoms with Crippen molar-refractivity contribution >= 4 is 0 Å². The molecule has 0 aromatic heterocycles. The van der Waals surface area contributed by atoms with Crippen LogP contribution < -0.4 is 11.1 Å². The molecule has 2 heteroatoms. The summed E-state index contributed by atoms with van der Waals surface area (Å²) in [6.07, 6.45) is 22.3. The predicted octanol–water partition coefficient (Wildman–Crippen LogP) is 5.26. The molecule has 7 rings (SSSR count). The van der Waals surface area contributed by atoms with E-state index in [2.05, 4.69) is 5.32 Å². The Morgan fingerprint density at radius 2 is 1.31 bits per heavy atom. The minimum atomic E-state index is 0.536. The van der Waals surface area contributed by atoms with Crippen molar-refractivity contribution in [2.75, 3.05) is 6.54 Å². The molecule has 0 aliphatic heterocycles. The van der Waals surface area contributed by atoms with Gasteiger partial charge < -0.3 is 11.1 Å². The monoisotopic (exact) mass is 358 g/mol. The lowest BCUT2D eigenvalue weighted by atomic mass is 9.49. The van der Waals surface area contributed by atoms with Crippen LogP contribution in [0, 0.1) is 35.0 Å². The Balaban J connectivity index is 0.000000122. The average Bonchev–Trinajstić information content (AvgIpc) is 3.44. The Hall–Kier alpha value is -0.0800. The van der Waals surface area contributed by atoms with Crippen LogP contribution >= 0.6 is 0 Å². The predicted molar refractivity (Wildman–Crippen MR) is 109 cm³/mol. The molecule has 0 spiro atoms. The van der Waals surface area contributed by atoms with E-state index in [-0.39, 0.29) is 0 Å². The SMILES string of the molecule is C1C2CC3CC1CC(CNC1CC1)(C2)C3.NC1CCC2CCCCC2C1. The largest absolute Gasteiger partial charge is 0.328 e. The van der Waals surface area contributed by atoms with Gasteiger partial charge in [-0.05, 0) is 106 Å². The zero-order chi connectivity index (χ0) is 17.6. The molecule has 0 aromatic rings. The number of nitrogens with two attached hydrogens (primary N) is 1. The molecule has 7 aliphatic carbocycles. The molecule has 3 N–H and O–H groups in total. The summed E-state index contributed by atoms with van der Waals surface area (Å²) in [5, 5.41) is 3.81. The van der Waals surface area contributed by atoms with Crippen LogP contribution in [0.25, 0.3) is 0 Å². The van der Waals surface area contributed by atoms with Crippen molar-refractivity contribution < 1.29 is 0 Å². The van der Waals surface area contributed by atoms with Crippen LogP contribution in [-0.2, 0) is 0 Å². The Morgan fingerprint density at radius 1 is 0.692 bits per heavy atom. The maximum absolute atomic E-state index is 5.94. The second-order valence-electron chi connectivity index (χ2n) is 11.5. The topological polar surface area (TPSA) is 38.0 Å². The van der Waals surface area contributed by atoms with E-state index < -0.39 is 0 Å². The Bertz CT molecular complexity index is 447. The number of hydrogen-bond acceptors (Lipinski definition) is 2. The first-order valence-corrected chi connectivity index (χ1v) is 12.2. The highest BCUT2D eigenvalue weighted by Gasteiger charge is 2.50. The van der Waals surface area contributed by atoms with Gasteiger partial charge in [-0.3, -0.25) is 0 Å². The third-order valence-corrected chi connectivity index (χ3v) is 9.09. The molecule has 3 atom stereocenters. The Labute approximate surface area is 161 Å². The molecule has 7 saturated carbocycles. The molecule has 0 heterocycles. The molecule has 0 amide bonds. The van der Waals surface area contributed by atoms with E-state index in [0.717, 1.165) is 41.0 Å². The molecule has 148 valence electrons. The second-order valence-corrected chi connectivity index (χ2v) is 11.5. The van der Waals surface area contributed by atoms with Gasteiger partial charge in [-0.15, -0.1) is 0 Å². The van der Waals surface area contributed by atoms with Gasteiger partial charge in [0.05, 0.1) is 0 Å². The van der Waals surface area contributed by atoms with E-state index in [1.807, 2.05) is 0 Å². The van der Waals surface area contributed by atoms with Crippen LogP contribution in [0.2, 0.25) is 0 Å². The Kier molecular flexibility index (Phi) is 5.11. The fraction of sp³-hybridized carbons (Fsp3) is 1.00.